The number of unbranched alkanes of at least 4 members (excludes halogenated alkanes) is 3. The molecule has 3 heteroatoms. The van der Waals surface area contributed by atoms with E-state index in [4.69, 9.17) is 15.8 Å². The monoisotopic (exact) mass is 189 g/mol. The molecule has 0 aromatic rings. The number of hydrogen-bond acceptors (Lipinski definition) is 3. The first-order valence-electron chi connectivity index (χ1n) is 4.92. The molecule has 0 spiro atoms. The molecule has 3 nitrogen and oxygen atoms in total. The Balaban J connectivity index is 3.62. The molecule has 0 radical (unpaired) electrons. The highest BCUT2D eigenvalue weighted by molar-refractivity contribution is 4.95. The summed E-state index contributed by atoms with van der Waals surface area (Å²) in [6, 6.07) is 6.34. The Morgan fingerprint density at radius 1 is 1.00 bits per heavy atom. The van der Waals surface area contributed by atoms with Gasteiger partial charge in [-0.2, -0.15) is 15.8 Å². The van der Waals surface area contributed by atoms with Gasteiger partial charge < -0.3 is 0 Å². The van der Waals surface area contributed by atoms with E-state index < -0.39 is 0 Å². The molecule has 0 saturated carbocycles. The molecule has 0 aliphatic carbocycles. The molecule has 14 heavy (non-hydrogen) atoms. The van der Waals surface area contributed by atoms with E-state index in [0.717, 1.165) is 25.7 Å². The third kappa shape index (κ3) is 5.18. The highest BCUT2D eigenvalue weighted by atomic mass is 14.3. The first-order valence-corrected chi connectivity index (χ1v) is 4.92. The molecule has 0 saturated heterocycles. The number of nitrogens with zero attached hydrogens (tertiary/aromatic N) is 3. The van der Waals surface area contributed by atoms with Crippen LogP contribution in [-0.4, -0.2) is 0 Å². The van der Waals surface area contributed by atoms with Gasteiger partial charge in [0.1, 0.15) is 0 Å². The first-order chi connectivity index (χ1) is 6.76. The van der Waals surface area contributed by atoms with E-state index >= 15 is 0 Å². The maximum absolute atomic E-state index is 8.78. The largest absolute Gasteiger partial charge is 0.198 e. The number of rotatable bonds is 6. The van der Waals surface area contributed by atoms with Crippen molar-refractivity contribution in [3.05, 3.63) is 0 Å². The van der Waals surface area contributed by atoms with Gasteiger partial charge in [-0.1, -0.05) is 12.8 Å². The molecular formula is C11H15N3. The molecule has 2 unspecified atom stereocenters. The van der Waals surface area contributed by atoms with Gasteiger partial charge in [-0.25, -0.2) is 0 Å². The van der Waals surface area contributed by atoms with Gasteiger partial charge in [-0.3, -0.25) is 0 Å². The quantitative estimate of drug-likeness (QED) is 0.603. The van der Waals surface area contributed by atoms with Crippen LogP contribution in [-0.2, 0) is 0 Å². The maximum atomic E-state index is 8.78. The van der Waals surface area contributed by atoms with Gasteiger partial charge in [0.15, 0.2) is 0 Å². The lowest BCUT2D eigenvalue weighted by Gasteiger charge is -2.09. The Bertz CT molecular complexity index is 264. The Morgan fingerprint density at radius 2 is 1.71 bits per heavy atom. The minimum atomic E-state index is -0.184. The summed E-state index contributed by atoms with van der Waals surface area (Å²) in [6.07, 6.45) is 4.17. The fourth-order valence-corrected chi connectivity index (χ4v) is 1.26. The highest BCUT2D eigenvalue weighted by Crippen LogP contribution is 2.17. The molecule has 0 fully saturated rings. The van der Waals surface area contributed by atoms with Crippen molar-refractivity contribution in [1.82, 2.24) is 0 Å². The molecule has 74 valence electrons. The summed E-state index contributed by atoms with van der Waals surface area (Å²) in [5.41, 5.74) is 0. The summed E-state index contributed by atoms with van der Waals surface area (Å²) in [6.45, 7) is 1.78. The second kappa shape index (κ2) is 8.09. The molecule has 0 rings (SSSR count). The average molecular weight is 189 g/mol. The molecule has 2 atom stereocenters. The van der Waals surface area contributed by atoms with Crippen molar-refractivity contribution in [1.29, 1.82) is 15.8 Å². The Morgan fingerprint density at radius 3 is 2.21 bits per heavy atom. The van der Waals surface area contributed by atoms with E-state index in [0.29, 0.717) is 6.42 Å². The second-order valence-electron chi connectivity index (χ2n) is 3.41. The van der Waals surface area contributed by atoms with Gasteiger partial charge in [0.25, 0.3) is 0 Å². The van der Waals surface area contributed by atoms with E-state index in [9.17, 15) is 0 Å². The van der Waals surface area contributed by atoms with Crippen LogP contribution in [0.3, 0.4) is 0 Å². The van der Waals surface area contributed by atoms with Crippen LogP contribution >= 0.6 is 0 Å². The zero-order chi connectivity index (χ0) is 10.8. The number of nitriles is 3. The van der Waals surface area contributed by atoms with Crippen LogP contribution in [0.2, 0.25) is 0 Å². The third-order valence-electron chi connectivity index (χ3n) is 2.28. The Kier molecular flexibility index (Phi) is 7.20. The average Bonchev–Trinajstić information content (AvgIpc) is 2.22. The van der Waals surface area contributed by atoms with E-state index in [1.807, 2.05) is 0 Å². The summed E-state index contributed by atoms with van der Waals surface area (Å²) in [7, 11) is 0. The van der Waals surface area contributed by atoms with Crippen molar-refractivity contribution in [3.8, 4) is 18.2 Å². The van der Waals surface area contributed by atoms with Crippen LogP contribution in [0, 0.1) is 45.8 Å². The zero-order valence-corrected chi connectivity index (χ0v) is 8.53. The van der Waals surface area contributed by atoms with Crippen LogP contribution < -0.4 is 0 Å². The van der Waals surface area contributed by atoms with E-state index in [1.165, 1.54) is 0 Å². The normalized spacial score (nSPS) is 13.3. The van der Waals surface area contributed by atoms with Crippen molar-refractivity contribution >= 4 is 0 Å². The van der Waals surface area contributed by atoms with Crippen molar-refractivity contribution in [2.45, 2.75) is 39.0 Å². The zero-order valence-electron chi connectivity index (χ0n) is 8.53. The van der Waals surface area contributed by atoms with Crippen LogP contribution in [0.25, 0.3) is 0 Å². The van der Waals surface area contributed by atoms with Crippen molar-refractivity contribution in [2.75, 3.05) is 0 Å². The van der Waals surface area contributed by atoms with Crippen LogP contribution in [0.1, 0.15) is 39.0 Å². The summed E-state index contributed by atoms with van der Waals surface area (Å²) in [5, 5.41) is 25.7. The lowest BCUT2D eigenvalue weighted by Crippen LogP contribution is -2.07. The fourth-order valence-electron chi connectivity index (χ4n) is 1.26. The standard InChI is InChI=1S/C11H15N3/c1-10(8-13)11(9-14)6-4-2-3-5-7-12/h10-11H,2-6H2,1H3. The summed E-state index contributed by atoms with van der Waals surface area (Å²) in [4.78, 5) is 0. The van der Waals surface area contributed by atoms with Crippen molar-refractivity contribution < 1.29 is 0 Å². The van der Waals surface area contributed by atoms with Crippen LogP contribution in [0.4, 0.5) is 0 Å². The molecule has 0 heterocycles. The molecule has 0 N–H and O–H groups in total. The Labute approximate surface area is 85.6 Å². The summed E-state index contributed by atoms with van der Waals surface area (Å²) < 4.78 is 0. The Hall–Kier alpha value is -1.53. The lowest BCUT2D eigenvalue weighted by atomic mass is 9.91. The SMILES string of the molecule is CC(C#N)C(C#N)CCCCCC#N. The fraction of sp³-hybridized carbons (Fsp3) is 0.727. The maximum Gasteiger partial charge on any atom is 0.0669 e. The molecule has 0 bridgehead atoms. The lowest BCUT2D eigenvalue weighted by molar-refractivity contribution is 0.466. The molecule has 0 amide bonds. The molecule has 0 aliphatic rings. The van der Waals surface area contributed by atoms with Gasteiger partial charge in [0.05, 0.1) is 30.0 Å². The summed E-state index contributed by atoms with van der Waals surface area (Å²) in [5.74, 6) is -0.335. The minimum Gasteiger partial charge on any atom is -0.198 e. The molecule has 0 aromatic carbocycles. The topological polar surface area (TPSA) is 71.4 Å². The highest BCUT2D eigenvalue weighted by Gasteiger charge is 2.14. The predicted octanol–water partition coefficient (Wildman–Crippen LogP) is 2.76. The van der Waals surface area contributed by atoms with Gasteiger partial charge in [0.2, 0.25) is 0 Å². The smallest absolute Gasteiger partial charge is 0.0669 e. The molecular weight excluding hydrogens is 174 g/mol. The van der Waals surface area contributed by atoms with Crippen LogP contribution in [0.5, 0.6) is 0 Å². The van der Waals surface area contributed by atoms with Gasteiger partial charge in [-0.05, 0) is 19.8 Å². The van der Waals surface area contributed by atoms with Crippen molar-refractivity contribution in [3.63, 3.8) is 0 Å². The number of hydrogen-bond donors (Lipinski definition) is 0. The summed E-state index contributed by atoms with van der Waals surface area (Å²) >= 11 is 0. The molecule has 0 aromatic heterocycles. The van der Waals surface area contributed by atoms with Crippen molar-refractivity contribution in [2.24, 2.45) is 11.8 Å². The second-order valence-corrected chi connectivity index (χ2v) is 3.41. The minimum absolute atomic E-state index is 0.151. The predicted molar refractivity (Wildman–Crippen MR) is 52.6 cm³/mol. The van der Waals surface area contributed by atoms with Gasteiger partial charge in [0, 0.05) is 6.42 Å². The van der Waals surface area contributed by atoms with E-state index in [2.05, 4.69) is 18.2 Å². The van der Waals surface area contributed by atoms with Crippen LogP contribution in [0.15, 0.2) is 0 Å². The van der Waals surface area contributed by atoms with E-state index in [1.54, 1.807) is 6.92 Å². The van der Waals surface area contributed by atoms with E-state index in [-0.39, 0.29) is 11.8 Å². The van der Waals surface area contributed by atoms with Gasteiger partial charge in [-0.15, -0.1) is 0 Å². The third-order valence-corrected chi connectivity index (χ3v) is 2.28. The van der Waals surface area contributed by atoms with Gasteiger partial charge >= 0.3 is 0 Å². The first kappa shape index (κ1) is 12.5. The molecule has 0 aliphatic heterocycles.